The van der Waals surface area contributed by atoms with Crippen LogP contribution >= 0.6 is 12.2 Å². The zero-order valence-electron chi connectivity index (χ0n) is 7.45. The Balaban J connectivity index is 2.29. The Morgan fingerprint density at radius 1 is 1.54 bits per heavy atom. The van der Waals surface area contributed by atoms with Crippen LogP contribution < -0.4 is 10.2 Å². The summed E-state index contributed by atoms with van der Waals surface area (Å²) in [5.41, 5.74) is 1.02. The van der Waals surface area contributed by atoms with Gasteiger partial charge in [0.1, 0.15) is 5.82 Å². The van der Waals surface area contributed by atoms with E-state index < -0.39 is 0 Å². The first-order valence-corrected chi connectivity index (χ1v) is 4.67. The Hall–Kier alpha value is -1.16. The highest BCUT2D eigenvalue weighted by Gasteiger charge is 2.18. The van der Waals surface area contributed by atoms with Gasteiger partial charge in [-0.3, -0.25) is 0 Å². The van der Waals surface area contributed by atoms with Gasteiger partial charge in [-0.05, 0) is 31.3 Å². The molecule has 13 heavy (non-hydrogen) atoms. The summed E-state index contributed by atoms with van der Waals surface area (Å²) in [6, 6.07) is 5.96. The molecule has 2 heterocycles. The van der Waals surface area contributed by atoms with Crippen LogP contribution in [0.5, 0.6) is 0 Å². The summed E-state index contributed by atoms with van der Waals surface area (Å²) in [5.74, 6) is 0.940. The van der Waals surface area contributed by atoms with Gasteiger partial charge in [0.15, 0.2) is 5.11 Å². The van der Waals surface area contributed by atoms with Gasteiger partial charge in [0.2, 0.25) is 0 Å². The van der Waals surface area contributed by atoms with E-state index in [0.717, 1.165) is 29.7 Å². The molecule has 0 radical (unpaired) electrons. The number of aromatic nitrogens is 1. The zero-order chi connectivity index (χ0) is 9.26. The molecular formula is C9H11N3S. The van der Waals surface area contributed by atoms with Crippen LogP contribution in [0.1, 0.15) is 5.69 Å². The molecule has 3 nitrogen and oxygen atoms in total. The lowest BCUT2D eigenvalue weighted by Crippen LogP contribution is -2.28. The smallest absolute Gasteiger partial charge is 0.174 e. The van der Waals surface area contributed by atoms with Gasteiger partial charge in [-0.2, -0.15) is 0 Å². The van der Waals surface area contributed by atoms with Gasteiger partial charge in [0.25, 0.3) is 0 Å². The molecule has 1 aliphatic rings. The van der Waals surface area contributed by atoms with E-state index in [2.05, 4.69) is 10.3 Å². The van der Waals surface area contributed by atoms with Crippen LogP contribution in [-0.2, 0) is 0 Å². The van der Waals surface area contributed by atoms with Crippen molar-refractivity contribution in [1.29, 1.82) is 0 Å². The summed E-state index contributed by atoms with van der Waals surface area (Å²) in [4.78, 5) is 6.42. The monoisotopic (exact) mass is 193 g/mol. The van der Waals surface area contributed by atoms with Crippen LogP contribution in [0.25, 0.3) is 0 Å². The minimum Gasteiger partial charge on any atom is -0.360 e. The molecule has 0 spiro atoms. The molecule has 0 bridgehead atoms. The highest BCUT2D eigenvalue weighted by Crippen LogP contribution is 2.13. The lowest BCUT2D eigenvalue weighted by molar-refractivity contribution is 0.963. The Bertz CT molecular complexity index is 337. The number of pyridine rings is 1. The maximum absolute atomic E-state index is 5.14. The van der Waals surface area contributed by atoms with E-state index in [-0.39, 0.29) is 0 Å². The van der Waals surface area contributed by atoms with Crippen molar-refractivity contribution in [2.75, 3.05) is 18.0 Å². The first-order valence-electron chi connectivity index (χ1n) is 4.26. The maximum atomic E-state index is 5.14. The molecule has 1 aromatic rings. The van der Waals surface area contributed by atoms with Crippen molar-refractivity contribution in [2.45, 2.75) is 6.92 Å². The second-order valence-corrected chi connectivity index (χ2v) is 3.41. The third-order valence-electron chi connectivity index (χ3n) is 2.01. The summed E-state index contributed by atoms with van der Waals surface area (Å²) in [6.45, 7) is 3.81. The third kappa shape index (κ3) is 1.62. The minimum atomic E-state index is 0.776. The molecule has 68 valence electrons. The largest absolute Gasteiger partial charge is 0.360 e. The van der Waals surface area contributed by atoms with Crippen molar-refractivity contribution in [3.8, 4) is 0 Å². The maximum Gasteiger partial charge on any atom is 0.174 e. The fourth-order valence-corrected chi connectivity index (χ4v) is 1.66. The molecule has 0 aliphatic carbocycles. The minimum absolute atomic E-state index is 0.776. The van der Waals surface area contributed by atoms with Crippen LogP contribution in [0, 0.1) is 6.92 Å². The summed E-state index contributed by atoms with van der Waals surface area (Å²) < 4.78 is 0. The van der Waals surface area contributed by atoms with Crippen molar-refractivity contribution < 1.29 is 0 Å². The molecule has 0 aromatic carbocycles. The number of nitrogens with zero attached hydrogens (tertiary/aromatic N) is 2. The highest BCUT2D eigenvalue weighted by molar-refractivity contribution is 7.80. The first-order chi connectivity index (χ1) is 6.27. The van der Waals surface area contributed by atoms with Crippen molar-refractivity contribution in [1.82, 2.24) is 10.3 Å². The Morgan fingerprint density at radius 3 is 3.00 bits per heavy atom. The molecule has 1 fully saturated rings. The molecule has 0 amide bonds. The van der Waals surface area contributed by atoms with E-state index in [1.165, 1.54) is 0 Å². The van der Waals surface area contributed by atoms with E-state index in [9.17, 15) is 0 Å². The fraction of sp³-hybridized carbons (Fsp3) is 0.333. The van der Waals surface area contributed by atoms with Crippen LogP contribution in [0.15, 0.2) is 18.2 Å². The molecule has 0 saturated carbocycles. The molecular weight excluding hydrogens is 182 g/mol. The predicted molar refractivity (Wildman–Crippen MR) is 56.9 cm³/mol. The number of anilines is 1. The standard InChI is InChI=1S/C9H11N3S/c1-7-3-2-4-8(11-7)12-6-5-10-9(12)13/h2-4H,5-6H2,1H3,(H,10,13). The molecule has 4 heteroatoms. The zero-order valence-corrected chi connectivity index (χ0v) is 8.27. The van der Waals surface area contributed by atoms with Gasteiger partial charge >= 0.3 is 0 Å². The second kappa shape index (κ2) is 3.30. The fourth-order valence-electron chi connectivity index (χ4n) is 1.37. The average molecular weight is 193 g/mol. The first kappa shape index (κ1) is 8.44. The Labute approximate surface area is 82.8 Å². The SMILES string of the molecule is Cc1cccc(N2CCNC2=S)n1. The number of aryl methyl sites for hydroxylation is 1. The van der Waals surface area contributed by atoms with Crippen molar-refractivity contribution in [2.24, 2.45) is 0 Å². The summed E-state index contributed by atoms with van der Waals surface area (Å²) in [7, 11) is 0. The van der Waals surface area contributed by atoms with E-state index in [1.54, 1.807) is 0 Å². The number of thiocarbonyl (C=S) groups is 1. The van der Waals surface area contributed by atoms with Crippen molar-refractivity contribution >= 4 is 23.1 Å². The number of hydrogen-bond donors (Lipinski definition) is 1. The lowest BCUT2D eigenvalue weighted by atomic mass is 10.3. The molecule has 1 saturated heterocycles. The molecule has 0 atom stereocenters. The normalized spacial score (nSPS) is 16.1. The Kier molecular flexibility index (Phi) is 2.14. The van der Waals surface area contributed by atoms with E-state index >= 15 is 0 Å². The second-order valence-electron chi connectivity index (χ2n) is 3.02. The van der Waals surface area contributed by atoms with Gasteiger partial charge in [-0.15, -0.1) is 0 Å². The van der Waals surface area contributed by atoms with Crippen LogP contribution in [0.2, 0.25) is 0 Å². The summed E-state index contributed by atoms with van der Waals surface area (Å²) in [5, 5.41) is 3.88. The number of nitrogens with one attached hydrogen (secondary N) is 1. The summed E-state index contributed by atoms with van der Waals surface area (Å²) >= 11 is 5.14. The number of rotatable bonds is 1. The molecule has 1 aromatic heterocycles. The van der Waals surface area contributed by atoms with Crippen LogP contribution in [-0.4, -0.2) is 23.2 Å². The quantitative estimate of drug-likeness (QED) is 0.676. The molecule has 1 aliphatic heterocycles. The molecule has 1 N–H and O–H groups in total. The van der Waals surface area contributed by atoms with E-state index in [4.69, 9.17) is 12.2 Å². The lowest BCUT2D eigenvalue weighted by Gasteiger charge is -2.15. The molecule has 2 rings (SSSR count). The van der Waals surface area contributed by atoms with Crippen molar-refractivity contribution in [3.05, 3.63) is 23.9 Å². The van der Waals surface area contributed by atoms with Crippen molar-refractivity contribution in [3.63, 3.8) is 0 Å². The predicted octanol–water partition coefficient (Wildman–Crippen LogP) is 1.08. The van der Waals surface area contributed by atoms with Crippen LogP contribution in [0.4, 0.5) is 5.82 Å². The summed E-state index contributed by atoms with van der Waals surface area (Å²) in [6.07, 6.45) is 0. The van der Waals surface area contributed by atoms with Gasteiger partial charge < -0.3 is 10.2 Å². The van der Waals surface area contributed by atoms with E-state index in [0.29, 0.717) is 0 Å². The topological polar surface area (TPSA) is 28.2 Å². The highest BCUT2D eigenvalue weighted by atomic mass is 32.1. The van der Waals surface area contributed by atoms with Gasteiger partial charge in [0, 0.05) is 18.8 Å². The number of hydrogen-bond acceptors (Lipinski definition) is 2. The average Bonchev–Trinajstić information content (AvgIpc) is 2.51. The third-order valence-corrected chi connectivity index (χ3v) is 2.37. The molecule has 0 unspecified atom stereocenters. The van der Waals surface area contributed by atoms with Crippen LogP contribution in [0.3, 0.4) is 0 Å². The van der Waals surface area contributed by atoms with Gasteiger partial charge in [-0.25, -0.2) is 4.98 Å². The Morgan fingerprint density at radius 2 is 2.38 bits per heavy atom. The van der Waals surface area contributed by atoms with E-state index in [1.807, 2.05) is 30.0 Å². The van der Waals surface area contributed by atoms with Gasteiger partial charge in [-0.1, -0.05) is 6.07 Å². The van der Waals surface area contributed by atoms with Gasteiger partial charge in [0.05, 0.1) is 0 Å².